The van der Waals surface area contributed by atoms with Crippen molar-refractivity contribution in [3.8, 4) is 0 Å². The molecule has 0 unspecified atom stereocenters. The van der Waals surface area contributed by atoms with Gasteiger partial charge in [0.1, 0.15) is 0 Å². The van der Waals surface area contributed by atoms with E-state index in [4.69, 9.17) is 5.73 Å². The lowest BCUT2D eigenvalue weighted by atomic mass is 9.94. The zero-order valence-corrected chi connectivity index (χ0v) is 11.4. The summed E-state index contributed by atoms with van der Waals surface area (Å²) >= 11 is 0. The molecule has 2 aromatic rings. The maximum absolute atomic E-state index is 5.83. The Labute approximate surface area is 115 Å². The summed E-state index contributed by atoms with van der Waals surface area (Å²) in [6.45, 7) is 0.601. The Morgan fingerprint density at radius 3 is 2.42 bits per heavy atom. The molecule has 0 spiro atoms. The van der Waals surface area contributed by atoms with Gasteiger partial charge in [0, 0.05) is 23.7 Å². The van der Waals surface area contributed by atoms with Gasteiger partial charge in [0.25, 0.3) is 0 Å². The van der Waals surface area contributed by atoms with E-state index in [9.17, 15) is 0 Å². The first-order chi connectivity index (χ1) is 9.38. The summed E-state index contributed by atoms with van der Waals surface area (Å²) in [5, 5.41) is 6.32. The average Bonchev–Trinajstić information content (AvgIpc) is 2.49. The highest BCUT2D eigenvalue weighted by Gasteiger charge is 2.14. The third kappa shape index (κ3) is 2.59. The van der Waals surface area contributed by atoms with E-state index in [0.717, 1.165) is 0 Å². The van der Waals surface area contributed by atoms with Gasteiger partial charge >= 0.3 is 0 Å². The summed E-state index contributed by atoms with van der Waals surface area (Å²) in [7, 11) is 0. The van der Waals surface area contributed by atoms with Gasteiger partial charge in [-0.15, -0.1) is 0 Å². The van der Waals surface area contributed by atoms with Gasteiger partial charge in [-0.25, -0.2) is 0 Å². The van der Waals surface area contributed by atoms with E-state index >= 15 is 0 Å². The molecule has 0 heterocycles. The lowest BCUT2D eigenvalue weighted by Crippen LogP contribution is -2.22. The molecule has 1 aliphatic rings. The highest BCUT2D eigenvalue weighted by Crippen LogP contribution is 2.29. The van der Waals surface area contributed by atoms with Gasteiger partial charge in [-0.1, -0.05) is 49.6 Å². The van der Waals surface area contributed by atoms with Crippen molar-refractivity contribution >= 4 is 16.5 Å². The molecule has 1 aliphatic carbocycles. The van der Waals surface area contributed by atoms with E-state index in [1.807, 2.05) is 0 Å². The number of rotatable bonds is 3. The minimum absolute atomic E-state index is 0.601. The second kappa shape index (κ2) is 5.62. The minimum Gasteiger partial charge on any atom is -0.382 e. The number of nitrogens with two attached hydrogens (primary N) is 1. The van der Waals surface area contributed by atoms with Crippen molar-refractivity contribution in [3.05, 3.63) is 42.0 Å². The first-order valence-corrected chi connectivity index (χ1v) is 7.36. The minimum atomic E-state index is 0.601. The zero-order valence-electron chi connectivity index (χ0n) is 11.4. The Morgan fingerprint density at radius 1 is 0.947 bits per heavy atom. The average molecular weight is 254 g/mol. The fourth-order valence-electron chi connectivity index (χ4n) is 3.13. The summed E-state index contributed by atoms with van der Waals surface area (Å²) < 4.78 is 0. The second-order valence-corrected chi connectivity index (χ2v) is 5.50. The highest BCUT2D eigenvalue weighted by atomic mass is 14.9. The van der Waals surface area contributed by atoms with E-state index in [-0.39, 0.29) is 0 Å². The zero-order chi connectivity index (χ0) is 13.1. The van der Waals surface area contributed by atoms with E-state index < -0.39 is 0 Å². The Balaban J connectivity index is 1.94. The van der Waals surface area contributed by atoms with Crippen molar-refractivity contribution in [2.75, 3.05) is 5.32 Å². The Hall–Kier alpha value is -1.54. The Kier molecular flexibility index (Phi) is 3.69. The third-order valence-electron chi connectivity index (χ3n) is 4.20. The highest BCUT2D eigenvalue weighted by molar-refractivity contribution is 5.96. The number of anilines is 1. The van der Waals surface area contributed by atoms with Crippen LogP contribution in [0.5, 0.6) is 0 Å². The summed E-state index contributed by atoms with van der Waals surface area (Å²) in [5.41, 5.74) is 8.32. The topological polar surface area (TPSA) is 38.0 Å². The number of fused-ring (bicyclic) bond motifs is 1. The van der Waals surface area contributed by atoms with Crippen molar-refractivity contribution in [2.45, 2.75) is 44.7 Å². The largest absolute Gasteiger partial charge is 0.382 e. The monoisotopic (exact) mass is 254 g/mol. The van der Waals surface area contributed by atoms with Crippen molar-refractivity contribution in [2.24, 2.45) is 5.73 Å². The van der Waals surface area contributed by atoms with Crippen LogP contribution in [0.1, 0.15) is 37.7 Å². The molecule has 0 atom stereocenters. The lowest BCUT2D eigenvalue weighted by molar-refractivity contribution is 0.463. The van der Waals surface area contributed by atoms with E-state index in [1.54, 1.807) is 0 Å². The molecule has 19 heavy (non-hydrogen) atoms. The quantitative estimate of drug-likeness (QED) is 0.867. The van der Waals surface area contributed by atoms with Crippen LogP contribution in [0, 0.1) is 0 Å². The molecule has 0 radical (unpaired) electrons. The third-order valence-corrected chi connectivity index (χ3v) is 4.20. The van der Waals surface area contributed by atoms with Crippen LogP contribution in [0.25, 0.3) is 10.8 Å². The molecule has 0 bridgehead atoms. The number of hydrogen-bond donors (Lipinski definition) is 2. The molecule has 0 saturated heterocycles. The van der Waals surface area contributed by atoms with Crippen molar-refractivity contribution in [3.63, 3.8) is 0 Å². The summed E-state index contributed by atoms with van der Waals surface area (Å²) in [6.07, 6.45) is 6.71. The SMILES string of the molecule is NCc1ccc(NC2CCCCC2)c2ccccc12. The van der Waals surface area contributed by atoms with Gasteiger partial charge in [0.2, 0.25) is 0 Å². The predicted octanol–water partition coefficient (Wildman–Crippen LogP) is 4.04. The lowest BCUT2D eigenvalue weighted by Gasteiger charge is -2.25. The van der Waals surface area contributed by atoms with Crippen molar-refractivity contribution in [1.82, 2.24) is 0 Å². The van der Waals surface area contributed by atoms with Crippen LogP contribution in [-0.2, 0) is 6.54 Å². The maximum atomic E-state index is 5.83. The molecule has 3 rings (SSSR count). The molecule has 2 aromatic carbocycles. The van der Waals surface area contributed by atoms with Gasteiger partial charge in [-0.3, -0.25) is 0 Å². The van der Waals surface area contributed by atoms with Crippen molar-refractivity contribution < 1.29 is 0 Å². The molecule has 0 aliphatic heterocycles. The molecule has 100 valence electrons. The first-order valence-electron chi connectivity index (χ1n) is 7.36. The van der Waals surface area contributed by atoms with E-state index in [0.29, 0.717) is 12.6 Å². The van der Waals surface area contributed by atoms with Crippen LogP contribution in [0.4, 0.5) is 5.69 Å². The molecule has 1 fully saturated rings. The van der Waals surface area contributed by atoms with Gasteiger partial charge in [0.15, 0.2) is 0 Å². The molecule has 2 heteroatoms. The number of benzene rings is 2. The van der Waals surface area contributed by atoms with Gasteiger partial charge in [0.05, 0.1) is 0 Å². The van der Waals surface area contributed by atoms with Gasteiger partial charge in [-0.2, -0.15) is 0 Å². The molecular formula is C17H22N2. The van der Waals surface area contributed by atoms with Crippen LogP contribution >= 0.6 is 0 Å². The fourth-order valence-corrected chi connectivity index (χ4v) is 3.13. The number of nitrogens with one attached hydrogen (secondary N) is 1. The smallest absolute Gasteiger partial charge is 0.0422 e. The van der Waals surface area contributed by atoms with Gasteiger partial charge < -0.3 is 11.1 Å². The Morgan fingerprint density at radius 2 is 1.68 bits per heavy atom. The molecule has 2 nitrogen and oxygen atoms in total. The molecule has 0 amide bonds. The van der Waals surface area contributed by atoms with Crippen LogP contribution in [-0.4, -0.2) is 6.04 Å². The van der Waals surface area contributed by atoms with Crippen LogP contribution in [0.3, 0.4) is 0 Å². The standard InChI is InChI=1S/C17H22N2/c18-12-13-10-11-17(16-9-5-4-8-15(13)16)19-14-6-2-1-3-7-14/h4-5,8-11,14,19H,1-3,6-7,12,18H2. The first kappa shape index (κ1) is 12.5. The molecule has 3 N–H and O–H groups in total. The fraction of sp³-hybridized carbons (Fsp3) is 0.412. The van der Waals surface area contributed by atoms with Gasteiger partial charge in [-0.05, 0) is 29.9 Å². The van der Waals surface area contributed by atoms with E-state index in [2.05, 4.69) is 41.7 Å². The second-order valence-electron chi connectivity index (χ2n) is 5.50. The summed E-state index contributed by atoms with van der Waals surface area (Å²) in [4.78, 5) is 0. The predicted molar refractivity (Wildman–Crippen MR) is 82.3 cm³/mol. The molecule has 0 aromatic heterocycles. The van der Waals surface area contributed by atoms with Crippen LogP contribution in [0.15, 0.2) is 36.4 Å². The summed E-state index contributed by atoms with van der Waals surface area (Å²) in [6, 6.07) is 13.6. The van der Waals surface area contributed by atoms with Crippen LogP contribution < -0.4 is 11.1 Å². The summed E-state index contributed by atoms with van der Waals surface area (Å²) in [5.74, 6) is 0. The normalized spacial score (nSPS) is 16.7. The molecular weight excluding hydrogens is 232 g/mol. The van der Waals surface area contributed by atoms with Crippen LogP contribution in [0.2, 0.25) is 0 Å². The van der Waals surface area contributed by atoms with Crippen molar-refractivity contribution in [1.29, 1.82) is 0 Å². The molecule has 1 saturated carbocycles. The number of hydrogen-bond acceptors (Lipinski definition) is 2. The Bertz CT molecular complexity index is 556. The maximum Gasteiger partial charge on any atom is 0.0422 e. The van der Waals surface area contributed by atoms with E-state index in [1.165, 1.54) is 54.1 Å².